The quantitative estimate of drug-likeness (QED) is 0.183. The van der Waals surface area contributed by atoms with E-state index in [0.29, 0.717) is 26.4 Å². The Hall–Kier alpha value is -3.61. The van der Waals surface area contributed by atoms with E-state index in [-0.39, 0.29) is 18.3 Å². The van der Waals surface area contributed by atoms with E-state index in [1.165, 1.54) is 0 Å². The molecular weight excluding hydrogens is 512 g/mol. The second-order valence-electron chi connectivity index (χ2n) is 10.6. The average molecular weight is 551 g/mol. The van der Waals surface area contributed by atoms with Crippen LogP contribution in [0, 0.1) is 11.8 Å². The zero-order valence-corrected chi connectivity index (χ0v) is 23.5. The molecule has 5 atom stereocenters. The maximum absolute atomic E-state index is 13.9. The highest BCUT2D eigenvalue weighted by Gasteiger charge is 2.50. The van der Waals surface area contributed by atoms with Gasteiger partial charge in [0.25, 0.3) is 0 Å². The predicted octanol–water partition coefficient (Wildman–Crippen LogP) is 6.79. The average Bonchev–Trinajstić information content (AvgIpc) is 3.03. The third kappa shape index (κ3) is 7.99. The van der Waals surface area contributed by atoms with Crippen LogP contribution >= 0.6 is 0 Å². The van der Waals surface area contributed by atoms with E-state index in [0.717, 1.165) is 22.3 Å². The van der Waals surface area contributed by atoms with Crippen LogP contribution < -0.4 is 0 Å². The van der Waals surface area contributed by atoms with Crippen LogP contribution in [-0.2, 0) is 50.2 Å². The van der Waals surface area contributed by atoms with Crippen molar-refractivity contribution in [1.82, 2.24) is 0 Å². The fraction of sp³-hybridized carbons (Fsp3) is 0.306. The summed E-state index contributed by atoms with van der Waals surface area (Å²) in [6, 6.07) is 40.1. The minimum absolute atomic E-state index is 0.0775. The lowest BCUT2D eigenvalue weighted by atomic mass is 9.75. The minimum atomic E-state index is -0.542. The van der Waals surface area contributed by atoms with Crippen molar-refractivity contribution in [3.8, 4) is 0 Å². The van der Waals surface area contributed by atoms with Crippen LogP contribution in [0.3, 0.4) is 0 Å². The summed E-state index contributed by atoms with van der Waals surface area (Å²) in [7, 11) is 0. The molecule has 0 aliphatic heterocycles. The van der Waals surface area contributed by atoms with E-state index in [4.69, 9.17) is 18.9 Å². The summed E-state index contributed by atoms with van der Waals surface area (Å²) < 4.78 is 25.8. The van der Waals surface area contributed by atoms with E-state index >= 15 is 0 Å². The van der Waals surface area contributed by atoms with Crippen molar-refractivity contribution >= 4 is 5.78 Å². The van der Waals surface area contributed by atoms with Crippen LogP contribution in [0.5, 0.6) is 0 Å². The number of ketones is 1. The van der Waals surface area contributed by atoms with Crippen molar-refractivity contribution in [3.05, 3.63) is 144 Å². The van der Waals surface area contributed by atoms with E-state index in [1.54, 1.807) is 0 Å². The molecule has 212 valence electrons. The normalized spacial score (nSPS) is 22.5. The second-order valence-corrected chi connectivity index (χ2v) is 10.6. The van der Waals surface area contributed by atoms with Gasteiger partial charge in [-0.05, 0) is 22.3 Å². The van der Waals surface area contributed by atoms with Crippen molar-refractivity contribution in [3.63, 3.8) is 0 Å². The number of carbonyl (C=O) groups excluding carboxylic acids is 1. The van der Waals surface area contributed by atoms with E-state index < -0.39 is 24.2 Å². The molecule has 4 aromatic carbocycles. The Balaban J connectivity index is 1.40. The number of Topliss-reactive ketones (excluding diaryl/α,β-unsaturated/α-hetero) is 1. The molecule has 0 aromatic heterocycles. The first kappa shape index (κ1) is 28.9. The Kier molecular flexibility index (Phi) is 10.5. The van der Waals surface area contributed by atoms with Gasteiger partial charge in [-0.3, -0.25) is 4.79 Å². The summed E-state index contributed by atoms with van der Waals surface area (Å²) in [5.74, 6) is -0.801. The monoisotopic (exact) mass is 550 g/mol. The molecule has 0 unspecified atom stereocenters. The first-order valence-corrected chi connectivity index (χ1v) is 14.3. The van der Waals surface area contributed by atoms with Gasteiger partial charge in [0.1, 0.15) is 11.9 Å². The van der Waals surface area contributed by atoms with Gasteiger partial charge in [0.05, 0.1) is 51.2 Å². The highest BCUT2D eigenvalue weighted by molar-refractivity contribution is 5.85. The number of ether oxygens (including phenoxy) is 4. The Morgan fingerprint density at radius 1 is 0.488 bits per heavy atom. The van der Waals surface area contributed by atoms with Crippen molar-refractivity contribution < 1.29 is 23.7 Å². The molecule has 0 radical (unpaired) electrons. The smallest absolute Gasteiger partial charge is 0.146 e. The Morgan fingerprint density at radius 3 is 1.29 bits per heavy atom. The fourth-order valence-corrected chi connectivity index (χ4v) is 5.36. The van der Waals surface area contributed by atoms with Gasteiger partial charge in [0.15, 0.2) is 0 Å². The summed E-state index contributed by atoms with van der Waals surface area (Å²) >= 11 is 0. The summed E-state index contributed by atoms with van der Waals surface area (Å²) in [6.07, 6.45) is -1.49. The van der Waals surface area contributed by atoms with E-state index in [2.05, 4.69) is 0 Å². The zero-order valence-electron chi connectivity index (χ0n) is 23.5. The molecule has 41 heavy (non-hydrogen) atoms. The van der Waals surface area contributed by atoms with Crippen molar-refractivity contribution in [2.45, 2.75) is 51.7 Å². The number of hydrogen-bond donors (Lipinski definition) is 0. The largest absolute Gasteiger partial charge is 0.376 e. The van der Waals surface area contributed by atoms with Gasteiger partial charge in [0, 0.05) is 5.92 Å². The van der Waals surface area contributed by atoms with E-state index in [1.807, 2.05) is 128 Å². The van der Waals surface area contributed by atoms with E-state index in [9.17, 15) is 4.79 Å². The summed E-state index contributed by atoms with van der Waals surface area (Å²) in [5, 5.41) is 0. The lowest BCUT2D eigenvalue weighted by Crippen LogP contribution is -2.59. The highest BCUT2D eigenvalue weighted by atomic mass is 16.6. The molecule has 0 heterocycles. The number of carbonyl (C=O) groups is 1. The van der Waals surface area contributed by atoms with Crippen molar-refractivity contribution in [2.24, 2.45) is 11.8 Å². The topological polar surface area (TPSA) is 54.0 Å². The molecular formula is C36H38O5. The zero-order chi connectivity index (χ0) is 28.3. The maximum atomic E-state index is 13.9. The first-order chi connectivity index (χ1) is 20.2. The number of benzene rings is 4. The van der Waals surface area contributed by atoms with Gasteiger partial charge < -0.3 is 18.9 Å². The molecule has 1 fully saturated rings. The van der Waals surface area contributed by atoms with Crippen molar-refractivity contribution in [1.29, 1.82) is 0 Å². The van der Waals surface area contributed by atoms with Gasteiger partial charge >= 0.3 is 0 Å². The van der Waals surface area contributed by atoms with Crippen LogP contribution in [0.2, 0.25) is 0 Å². The third-order valence-electron chi connectivity index (χ3n) is 7.62. The number of hydrogen-bond acceptors (Lipinski definition) is 5. The Labute approximate surface area is 243 Å². The molecule has 5 heteroatoms. The lowest BCUT2D eigenvalue weighted by molar-refractivity contribution is -0.207. The van der Waals surface area contributed by atoms with Gasteiger partial charge in [-0.2, -0.15) is 0 Å². The SMILES string of the molecule is C[C@@H]1C(=O)[C@H](COCc2ccccc2)[C@@H](OCc2ccccc2)[C@H](OCc2ccccc2)[C@H]1OCc1ccccc1. The van der Waals surface area contributed by atoms with Gasteiger partial charge in [-0.15, -0.1) is 0 Å². The molecule has 5 rings (SSSR count). The molecule has 0 spiro atoms. The van der Waals surface area contributed by atoms with Crippen LogP contribution in [-0.4, -0.2) is 30.7 Å². The Bertz CT molecular complexity index is 1310. The predicted molar refractivity (Wildman–Crippen MR) is 159 cm³/mol. The van der Waals surface area contributed by atoms with Crippen LogP contribution in [0.15, 0.2) is 121 Å². The van der Waals surface area contributed by atoms with Crippen LogP contribution in [0.4, 0.5) is 0 Å². The molecule has 1 aliphatic rings. The molecule has 1 aliphatic carbocycles. The summed E-state index contributed by atoms with van der Waals surface area (Å²) in [5.41, 5.74) is 4.19. The standard InChI is InChI=1S/C36H38O5/c1-27-33(37)32(26-38-22-28-14-6-2-7-15-28)35(40-24-30-18-10-4-11-19-30)36(41-25-31-20-12-5-13-21-31)34(27)39-23-29-16-8-3-9-17-29/h2-21,27,32,34-36H,22-26H2,1H3/t27-,32+,34+,35-,36-/m1/s1. The van der Waals surface area contributed by atoms with Gasteiger partial charge in [0.2, 0.25) is 0 Å². The molecule has 0 bridgehead atoms. The highest BCUT2D eigenvalue weighted by Crippen LogP contribution is 2.35. The van der Waals surface area contributed by atoms with Gasteiger partial charge in [-0.1, -0.05) is 128 Å². The number of rotatable bonds is 13. The third-order valence-corrected chi connectivity index (χ3v) is 7.62. The minimum Gasteiger partial charge on any atom is -0.376 e. The molecule has 1 saturated carbocycles. The molecule has 4 aromatic rings. The van der Waals surface area contributed by atoms with Gasteiger partial charge in [-0.25, -0.2) is 0 Å². The van der Waals surface area contributed by atoms with Crippen LogP contribution in [0.1, 0.15) is 29.2 Å². The van der Waals surface area contributed by atoms with Crippen molar-refractivity contribution in [2.75, 3.05) is 6.61 Å². The first-order valence-electron chi connectivity index (χ1n) is 14.3. The summed E-state index contributed by atoms with van der Waals surface area (Å²) in [6.45, 7) is 3.74. The maximum Gasteiger partial charge on any atom is 0.146 e. The fourth-order valence-electron chi connectivity index (χ4n) is 5.36. The summed E-state index contributed by atoms with van der Waals surface area (Å²) in [4.78, 5) is 13.9. The molecule has 0 saturated heterocycles. The second kappa shape index (κ2) is 14.9. The van der Waals surface area contributed by atoms with Crippen LogP contribution in [0.25, 0.3) is 0 Å². The molecule has 0 N–H and O–H groups in total. The lowest BCUT2D eigenvalue weighted by Gasteiger charge is -2.44. The molecule has 0 amide bonds. The Morgan fingerprint density at radius 2 is 0.854 bits per heavy atom. The molecule has 5 nitrogen and oxygen atoms in total.